The van der Waals surface area contributed by atoms with E-state index in [4.69, 9.17) is 11.6 Å². The molecule has 0 aliphatic carbocycles. The molecule has 0 radical (unpaired) electrons. The van der Waals surface area contributed by atoms with E-state index >= 15 is 0 Å². The number of alkyl halides is 1. The lowest BCUT2D eigenvalue weighted by atomic mass is 9.95. The second-order valence-corrected chi connectivity index (χ2v) is 8.21. The van der Waals surface area contributed by atoms with Crippen LogP contribution in [0.1, 0.15) is 19.4 Å². The molecule has 140 valence electrons. The molecule has 4 nitrogen and oxygen atoms in total. The van der Waals surface area contributed by atoms with Gasteiger partial charge in [0.2, 0.25) is 5.91 Å². The Hall–Kier alpha value is -2.37. The Morgan fingerprint density at radius 2 is 1.89 bits per heavy atom. The molecule has 0 aliphatic rings. The summed E-state index contributed by atoms with van der Waals surface area (Å²) in [4.78, 5) is 17.0. The van der Waals surface area contributed by atoms with Crippen molar-refractivity contribution in [2.45, 2.75) is 20.8 Å². The second kappa shape index (κ2) is 8.11. The van der Waals surface area contributed by atoms with Crippen LogP contribution in [0, 0.1) is 12.3 Å². The van der Waals surface area contributed by atoms with E-state index in [1.807, 2.05) is 55.6 Å². The average Bonchev–Trinajstić information content (AvgIpc) is 3.10. The van der Waals surface area contributed by atoms with Gasteiger partial charge in [0.15, 0.2) is 5.13 Å². The van der Waals surface area contributed by atoms with Gasteiger partial charge in [-0.15, -0.1) is 22.9 Å². The molecule has 0 aliphatic heterocycles. The molecule has 0 unspecified atom stereocenters. The van der Waals surface area contributed by atoms with Gasteiger partial charge < -0.3 is 10.6 Å². The number of halogens is 1. The lowest BCUT2D eigenvalue weighted by Crippen LogP contribution is -2.32. The number of thiazole rings is 1. The summed E-state index contributed by atoms with van der Waals surface area (Å²) in [6.07, 6.45) is 0. The number of hydrogen-bond acceptors (Lipinski definition) is 4. The molecule has 3 rings (SSSR count). The highest BCUT2D eigenvalue weighted by atomic mass is 35.5. The predicted molar refractivity (Wildman–Crippen MR) is 115 cm³/mol. The maximum Gasteiger partial charge on any atom is 0.231 e. The fourth-order valence-corrected chi connectivity index (χ4v) is 3.29. The Morgan fingerprint density at radius 3 is 2.63 bits per heavy atom. The summed E-state index contributed by atoms with van der Waals surface area (Å²) in [5, 5.41) is 9.09. The highest BCUT2D eigenvalue weighted by Crippen LogP contribution is 2.29. The first-order chi connectivity index (χ1) is 12.9. The molecule has 2 aromatic carbocycles. The molecule has 3 aromatic rings. The molecule has 1 amide bonds. The summed E-state index contributed by atoms with van der Waals surface area (Å²) in [7, 11) is 0. The van der Waals surface area contributed by atoms with E-state index in [9.17, 15) is 4.79 Å². The van der Waals surface area contributed by atoms with Gasteiger partial charge in [-0.2, -0.15) is 0 Å². The van der Waals surface area contributed by atoms with E-state index in [0.29, 0.717) is 0 Å². The van der Waals surface area contributed by atoms with E-state index in [2.05, 4.69) is 34.7 Å². The number of anilines is 3. The monoisotopic (exact) mass is 399 g/mol. The summed E-state index contributed by atoms with van der Waals surface area (Å²) in [6.45, 7) is 5.70. The molecule has 0 atom stereocenters. The van der Waals surface area contributed by atoms with Crippen LogP contribution in [0.3, 0.4) is 0 Å². The molecule has 0 saturated heterocycles. The van der Waals surface area contributed by atoms with Crippen LogP contribution in [0.5, 0.6) is 0 Å². The SMILES string of the molecule is Cc1cccc(Nc2nc(-c3cccc(NC(=O)C(C)(C)CCl)c3)cs2)c1. The summed E-state index contributed by atoms with van der Waals surface area (Å²) < 4.78 is 0. The smallest absolute Gasteiger partial charge is 0.231 e. The van der Waals surface area contributed by atoms with Gasteiger partial charge in [-0.3, -0.25) is 4.79 Å². The van der Waals surface area contributed by atoms with Crippen molar-refractivity contribution in [2.24, 2.45) is 5.41 Å². The predicted octanol–water partition coefficient (Wildman–Crippen LogP) is 6.07. The van der Waals surface area contributed by atoms with Crippen molar-refractivity contribution < 1.29 is 4.79 Å². The van der Waals surface area contributed by atoms with Crippen molar-refractivity contribution in [2.75, 3.05) is 16.5 Å². The van der Waals surface area contributed by atoms with Crippen LogP contribution in [-0.4, -0.2) is 16.8 Å². The number of carbonyl (C=O) groups is 1. The number of aromatic nitrogens is 1. The topological polar surface area (TPSA) is 54.0 Å². The van der Waals surface area contributed by atoms with Crippen molar-refractivity contribution in [1.29, 1.82) is 0 Å². The molecular formula is C21H22ClN3OS. The minimum Gasteiger partial charge on any atom is -0.332 e. The fraction of sp³-hybridized carbons (Fsp3) is 0.238. The summed E-state index contributed by atoms with van der Waals surface area (Å²) in [6, 6.07) is 15.8. The zero-order valence-corrected chi connectivity index (χ0v) is 17.1. The first-order valence-corrected chi connectivity index (χ1v) is 10.1. The number of aryl methyl sites for hydroxylation is 1. The number of amides is 1. The molecule has 0 fully saturated rings. The quantitative estimate of drug-likeness (QED) is 0.495. The van der Waals surface area contributed by atoms with Gasteiger partial charge in [0, 0.05) is 28.2 Å². The van der Waals surface area contributed by atoms with Crippen LogP contribution in [0.4, 0.5) is 16.5 Å². The van der Waals surface area contributed by atoms with Crippen LogP contribution < -0.4 is 10.6 Å². The van der Waals surface area contributed by atoms with Gasteiger partial charge in [0.05, 0.1) is 11.1 Å². The van der Waals surface area contributed by atoms with Gasteiger partial charge in [-0.05, 0) is 50.6 Å². The number of rotatable bonds is 6. The lowest BCUT2D eigenvalue weighted by Gasteiger charge is -2.20. The minimum atomic E-state index is -0.622. The number of nitrogens with one attached hydrogen (secondary N) is 2. The molecular weight excluding hydrogens is 378 g/mol. The van der Waals surface area contributed by atoms with Gasteiger partial charge in [-0.1, -0.05) is 24.3 Å². The van der Waals surface area contributed by atoms with Crippen molar-refractivity contribution in [1.82, 2.24) is 4.98 Å². The van der Waals surface area contributed by atoms with E-state index in [0.717, 1.165) is 27.8 Å². The molecule has 0 bridgehead atoms. The van der Waals surface area contributed by atoms with Crippen molar-refractivity contribution in [3.8, 4) is 11.3 Å². The number of nitrogens with zero attached hydrogens (tertiary/aromatic N) is 1. The maximum absolute atomic E-state index is 12.3. The number of carbonyl (C=O) groups excluding carboxylic acids is 1. The third kappa shape index (κ3) is 4.87. The maximum atomic E-state index is 12.3. The molecule has 0 spiro atoms. The lowest BCUT2D eigenvalue weighted by molar-refractivity contribution is -0.122. The summed E-state index contributed by atoms with van der Waals surface area (Å²) in [5.74, 6) is 0.160. The Bertz CT molecular complexity index is 952. The first kappa shape index (κ1) is 19.4. The normalized spacial score (nSPS) is 11.3. The van der Waals surface area contributed by atoms with E-state index in [1.54, 1.807) is 11.3 Å². The van der Waals surface area contributed by atoms with Gasteiger partial charge in [0.25, 0.3) is 0 Å². The van der Waals surface area contributed by atoms with E-state index in [-0.39, 0.29) is 11.8 Å². The Kier molecular flexibility index (Phi) is 5.82. The van der Waals surface area contributed by atoms with Gasteiger partial charge in [0.1, 0.15) is 0 Å². The number of benzene rings is 2. The zero-order valence-electron chi connectivity index (χ0n) is 15.5. The molecule has 2 N–H and O–H groups in total. The third-order valence-electron chi connectivity index (χ3n) is 4.14. The Morgan fingerprint density at radius 1 is 1.15 bits per heavy atom. The largest absolute Gasteiger partial charge is 0.332 e. The van der Waals surface area contributed by atoms with Crippen molar-refractivity contribution in [3.05, 3.63) is 59.5 Å². The fourth-order valence-electron chi connectivity index (χ4n) is 2.43. The van der Waals surface area contributed by atoms with E-state index in [1.165, 1.54) is 5.56 Å². The zero-order chi connectivity index (χ0) is 19.4. The molecule has 1 aromatic heterocycles. The number of hydrogen-bond donors (Lipinski definition) is 2. The van der Waals surface area contributed by atoms with Crippen molar-refractivity contribution in [3.63, 3.8) is 0 Å². The molecule has 27 heavy (non-hydrogen) atoms. The van der Waals surface area contributed by atoms with Crippen LogP contribution in [0.15, 0.2) is 53.9 Å². The molecule has 0 saturated carbocycles. The van der Waals surface area contributed by atoms with Crippen LogP contribution in [-0.2, 0) is 4.79 Å². The highest BCUT2D eigenvalue weighted by molar-refractivity contribution is 7.14. The van der Waals surface area contributed by atoms with Crippen LogP contribution in [0.2, 0.25) is 0 Å². The van der Waals surface area contributed by atoms with Crippen molar-refractivity contribution >= 4 is 45.4 Å². The van der Waals surface area contributed by atoms with Gasteiger partial charge >= 0.3 is 0 Å². The van der Waals surface area contributed by atoms with Crippen LogP contribution >= 0.6 is 22.9 Å². The molecule has 6 heteroatoms. The first-order valence-electron chi connectivity index (χ1n) is 8.64. The third-order valence-corrected chi connectivity index (χ3v) is 5.56. The summed E-state index contributed by atoms with van der Waals surface area (Å²) >= 11 is 7.43. The summed E-state index contributed by atoms with van der Waals surface area (Å²) in [5.41, 5.74) is 4.13. The minimum absolute atomic E-state index is 0.102. The average molecular weight is 400 g/mol. The second-order valence-electron chi connectivity index (χ2n) is 7.08. The van der Waals surface area contributed by atoms with Gasteiger partial charge in [-0.25, -0.2) is 4.98 Å². The standard InChI is InChI=1S/C21H22ClN3OS/c1-14-6-4-8-16(10-14)24-20-25-18(12-27-20)15-7-5-9-17(11-15)23-19(26)21(2,3)13-22/h4-12H,13H2,1-3H3,(H,23,26)(H,24,25). The Balaban J connectivity index is 1.76. The highest BCUT2D eigenvalue weighted by Gasteiger charge is 2.26. The van der Waals surface area contributed by atoms with Crippen LogP contribution in [0.25, 0.3) is 11.3 Å². The molecule has 1 heterocycles. The van der Waals surface area contributed by atoms with E-state index < -0.39 is 5.41 Å². The Labute approximate surface area is 168 Å².